The second-order valence-corrected chi connectivity index (χ2v) is 6.27. The molecule has 1 saturated heterocycles. The molecule has 1 aliphatic heterocycles. The normalized spacial score (nSPS) is 17.0. The summed E-state index contributed by atoms with van der Waals surface area (Å²) in [6.07, 6.45) is 5.56. The molecule has 0 spiro atoms. The van der Waals surface area contributed by atoms with E-state index in [2.05, 4.69) is 27.5 Å². The molecule has 25 heavy (non-hydrogen) atoms. The summed E-state index contributed by atoms with van der Waals surface area (Å²) in [4.78, 5) is 16.8. The number of ether oxygens (including phenoxy) is 1. The second kappa shape index (κ2) is 7.03. The lowest BCUT2D eigenvalue weighted by atomic mass is 10.2. The fourth-order valence-electron chi connectivity index (χ4n) is 3.08. The molecule has 1 fully saturated rings. The Kier molecular flexibility index (Phi) is 4.43. The highest BCUT2D eigenvalue weighted by Crippen LogP contribution is 2.15. The van der Waals surface area contributed by atoms with Crippen LogP contribution in [-0.4, -0.2) is 39.9 Å². The van der Waals surface area contributed by atoms with Gasteiger partial charge in [0.05, 0.1) is 24.4 Å². The lowest BCUT2D eigenvalue weighted by Gasteiger charge is -2.10. The number of pyridine rings is 1. The first-order chi connectivity index (χ1) is 12.3. The van der Waals surface area contributed by atoms with Crippen molar-refractivity contribution in [1.29, 1.82) is 0 Å². The molecule has 6 nitrogen and oxygen atoms in total. The van der Waals surface area contributed by atoms with Gasteiger partial charge in [0.1, 0.15) is 0 Å². The Bertz CT molecular complexity index is 870. The molecule has 4 rings (SSSR count). The first kappa shape index (κ1) is 15.8. The minimum Gasteiger partial charge on any atom is -0.376 e. The van der Waals surface area contributed by atoms with Gasteiger partial charge in [-0.25, -0.2) is 9.67 Å². The largest absolute Gasteiger partial charge is 0.376 e. The van der Waals surface area contributed by atoms with Crippen LogP contribution >= 0.6 is 0 Å². The van der Waals surface area contributed by atoms with Gasteiger partial charge < -0.3 is 10.1 Å². The van der Waals surface area contributed by atoms with E-state index in [4.69, 9.17) is 4.74 Å². The third-order valence-corrected chi connectivity index (χ3v) is 4.43. The fraction of sp³-hybridized carbons (Fsp3) is 0.316. The SMILES string of the molecule is O=C(NCC1CCCO1)c1cnc2c(cnn2Cc2ccccc2)c1. The first-order valence-corrected chi connectivity index (χ1v) is 8.55. The monoisotopic (exact) mass is 336 g/mol. The van der Waals surface area contributed by atoms with E-state index >= 15 is 0 Å². The van der Waals surface area contributed by atoms with E-state index in [9.17, 15) is 4.79 Å². The smallest absolute Gasteiger partial charge is 0.252 e. The van der Waals surface area contributed by atoms with E-state index in [-0.39, 0.29) is 12.0 Å². The standard InChI is InChI=1S/C19H20N4O2/c24-19(21-12-17-7-4-8-25-17)16-9-15-11-22-23(18(15)20-10-16)13-14-5-2-1-3-6-14/h1-3,5-6,9-11,17H,4,7-8,12-13H2,(H,21,24). The molecule has 2 aromatic heterocycles. The zero-order valence-corrected chi connectivity index (χ0v) is 13.9. The molecular weight excluding hydrogens is 316 g/mol. The summed E-state index contributed by atoms with van der Waals surface area (Å²) in [7, 11) is 0. The molecular formula is C19H20N4O2. The number of nitrogens with zero attached hydrogens (tertiary/aromatic N) is 3. The van der Waals surface area contributed by atoms with Crippen LogP contribution in [0, 0.1) is 0 Å². The van der Waals surface area contributed by atoms with Crippen molar-refractivity contribution in [3.8, 4) is 0 Å². The Labute approximate surface area is 145 Å². The quantitative estimate of drug-likeness (QED) is 0.777. The summed E-state index contributed by atoms with van der Waals surface area (Å²) in [6, 6.07) is 11.9. The van der Waals surface area contributed by atoms with Gasteiger partial charge in [0.2, 0.25) is 0 Å². The van der Waals surface area contributed by atoms with Crippen LogP contribution < -0.4 is 5.32 Å². The van der Waals surface area contributed by atoms with Crippen molar-refractivity contribution >= 4 is 16.9 Å². The third kappa shape index (κ3) is 3.53. The van der Waals surface area contributed by atoms with Crippen molar-refractivity contribution in [3.63, 3.8) is 0 Å². The van der Waals surface area contributed by atoms with Gasteiger partial charge >= 0.3 is 0 Å². The predicted octanol–water partition coefficient (Wildman–Crippen LogP) is 2.39. The van der Waals surface area contributed by atoms with Gasteiger partial charge in [-0.2, -0.15) is 5.10 Å². The first-order valence-electron chi connectivity index (χ1n) is 8.55. The maximum Gasteiger partial charge on any atom is 0.252 e. The number of carbonyl (C=O) groups is 1. The van der Waals surface area contributed by atoms with Crippen LogP contribution in [0.3, 0.4) is 0 Å². The molecule has 0 aliphatic carbocycles. The van der Waals surface area contributed by atoms with Gasteiger partial charge in [-0.3, -0.25) is 4.79 Å². The lowest BCUT2D eigenvalue weighted by molar-refractivity contribution is 0.0857. The maximum atomic E-state index is 12.3. The molecule has 3 aromatic rings. The number of fused-ring (bicyclic) bond motifs is 1. The van der Waals surface area contributed by atoms with Crippen molar-refractivity contribution in [1.82, 2.24) is 20.1 Å². The van der Waals surface area contributed by atoms with Crippen molar-refractivity contribution in [3.05, 3.63) is 59.9 Å². The zero-order valence-electron chi connectivity index (χ0n) is 13.9. The Morgan fingerprint density at radius 3 is 2.96 bits per heavy atom. The van der Waals surface area contributed by atoms with Crippen LogP contribution in [0.25, 0.3) is 11.0 Å². The van der Waals surface area contributed by atoms with Gasteiger partial charge in [0.15, 0.2) is 5.65 Å². The highest BCUT2D eigenvalue weighted by molar-refractivity contribution is 5.96. The second-order valence-electron chi connectivity index (χ2n) is 6.27. The maximum absolute atomic E-state index is 12.3. The Hall–Kier alpha value is -2.73. The molecule has 3 heterocycles. The van der Waals surface area contributed by atoms with Crippen LogP contribution in [0.4, 0.5) is 0 Å². The van der Waals surface area contributed by atoms with Crippen LogP contribution in [0.5, 0.6) is 0 Å². The summed E-state index contributed by atoms with van der Waals surface area (Å²) in [5.41, 5.74) is 2.48. The third-order valence-electron chi connectivity index (χ3n) is 4.43. The van der Waals surface area contributed by atoms with E-state index in [0.717, 1.165) is 36.0 Å². The number of hydrogen-bond acceptors (Lipinski definition) is 4. The number of nitrogens with one attached hydrogen (secondary N) is 1. The molecule has 6 heteroatoms. The van der Waals surface area contributed by atoms with Gasteiger partial charge in [0.25, 0.3) is 5.91 Å². The van der Waals surface area contributed by atoms with Crippen LogP contribution in [0.1, 0.15) is 28.8 Å². The van der Waals surface area contributed by atoms with Crippen LogP contribution in [0.15, 0.2) is 48.8 Å². The molecule has 1 amide bonds. The van der Waals surface area contributed by atoms with E-state index in [1.54, 1.807) is 12.4 Å². The van der Waals surface area contributed by atoms with Crippen molar-refractivity contribution in [2.45, 2.75) is 25.5 Å². The summed E-state index contributed by atoms with van der Waals surface area (Å²) in [5, 5.41) is 8.19. The topological polar surface area (TPSA) is 69.0 Å². The van der Waals surface area contributed by atoms with Crippen molar-refractivity contribution < 1.29 is 9.53 Å². The minimum atomic E-state index is -0.124. The number of hydrogen-bond donors (Lipinski definition) is 1. The molecule has 1 unspecified atom stereocenters. The lowest BCUT2D eigenvalue weighted by Crippen LogP contribution is -2.31. The van der Waals surface area contributed by atoms with Gasteiger partial charge in [-0.05, 0) is 24.5 Å². The molecule has 1 aliphatic rings. The molecule has 0 saturated carbocycles. The zero-order chi connectivity index (χ0) is 17.1. The molecule has 0 bridgehead atoms. The number of rotatable bonds is 5. The highest BCUT2D eigenvalue weighted by atomic mass is 16.5. The molecule has 0 radical (unpaired) electrons. The average Bonchev–Trinajstić information content (AvgIpc) is 3.30. The fourth-order valence-corrected chi connectivity index (χ4v) is 3.08. The predicted molar refractivity (Wildman–Crippen MR) is 94.4 cm³/mol. The average molecular weight is 336 g/mol. The van der Waals surface area contributed by atoms with E-state index in [0.29, 0.717) is 18.7 Å². The van der Waals surface area contributed by atoms with Gasteiger partial charge in [-0.1, -0.05) is 30.3 Å². The minimum absolute atomic E-state index is 0.124. The van der Waals surface area contributed by atoms with Crippen molar-refractivity contribution in [2.75, 3.05) is 13.2 Å². The Morgan fingerprint density at radius 1 is 1.28 bits per heavy atom. The van der Waals surface area contributed by atoms with Crippen molar-refractivity contribution in [2.24, 2.45) is 0 Å². The van der Waals surface area contributed by atoms with Crippen LogP contribution in [-0.2, 0) is 11.3 Å². The van der Waals surface area contributed by atoms with Gasteiger partial charge in [0, 0.05) is 24.7 Å². The summed E-state index contributed by atoms with van der Waals surface area (Å²) in [6.45, 7) is 1.99. The summed E-state index contributed by atoms with van der Waals surface area (Å²) < 4.78 is 7.37. The van der Waals surface area contributed by atoms with Gasteiger partial charge in [-0.15, -0.1) is 0 Å². The number of aromatic nitrogens is 3. The Morgan fingerprint density at radius 2 is 2.16 bits per heavy atom. The highest BCUT2D eigenvalue weighted by Gasteiger charge is 2.17. The van der Waals surface area contributed by atoms with E-state index < -0.39 is 0 Å². The summed E-state index contributed by atoms with van der Waals surface area (Å²) in [5.74, 6) is -0.124. The van der Waals surface area contributed by atoms with E-state index in [1.165, 1.54) is 0 Å². The van der Waals surface area contributed by atoms with Crippen LogP contribution in [0.2, 0.25) is 0 Å². The molecule has 128 valence electrons. The number of amides is 1. The molecule has 1 atom stereocenters. The number of benzene rings is 1. The number of carbonyl (C=O) groups excluding carboxylic acids is 1. The molecule has 1 aromatic carbocycles. The van der Waals surface area contributed by atoms with E-state index in [1.807, 2.05) is 28.9 Å². The summed E-state index contributed by atoms with van der Waals surface area (Å²) >= 11 is 0. The Balaban J connectivity index is 1.48. The molecule has 1 N–H and O–H groups in total.